The molecule has 1 aliphatic carbocycles. The Kier molecular flexibility index (Phi) is 2.81. The summed E-state index contributed by atoms with van der Waals surface area (Å²) in [6.07, 6.45) is 4.05. The van der Waals surface area contributed by atoms with Gasteiger partial charge in [-0.15, -0.1) is 0 Å². The summed E-state index contributed by atoms with van der Waals surface area (Å²) in [5, 5.41) is 5.76. The smallest absolute Gasteiger partial charge is 0.251 e. The molecule has 1 saturated carbocycles. The van der Waals surface area contributed by atoms with E-state index in [1.165, 1.54) is 19.3 Å². The van der Waals surface area contributed by atoms with E-state index in [1.807, 2.05) is 6.07 Å². The molecule has 0 aromatic heterocycles. The number of fused-ring (bicyclic) bond motifs is 1. The number of rotatable bonds is 3. The predicted octanol–water partition coefficient (Wildman–Crippen LogP) is 2.10. The first-order valence-electron chi connectivity index (χ1n) is 6.77. The molecule has 2 amide bonds. The third-order valence-corrected chi connectivity index (χ3v) is 4.23. The van der Waals surface area contributed by atoms with Crippen LogP contribution in [-0.2, 0) is 11.2 Å². The van der Waals surface area contributed by atoms with E-state index >= 15 is 0 Å². The van der Waals surface area contributed by atoms with E-state index in [4.69, 9.17) is 0 Å². The number of amides is 2. The Morgan fingerprint density at radius 2 is 2.21 bits per heavy atom. The number of carbonyl (C=O) groups excluding carboxylic acids is 2. The molecule has 0 radical (unpaired) electrons. The minimum absolute atomic E-state index is 0.00506. The van der Waals surface area contributed by atoms with Gasteiger partial charge >= 0.3 is 0 Å². The van der Waals surface area contributed by atoms with Gasteiger partial charge in [-0.05, 0) is 36.0 Å². The second kappa shape index (κ2) is 4.37. The average Bonchev–Trinajstić information content (AvgIpc) is 2.72. The van der Waals surface area contributed by atoms with Crippen molar-refractivity contribution in [1.29, 1.82) is 0 Å². The maximum atomic E-state index is 12.1. The molecule has 100 valence electrons. The van der Waals surface area contributed by atoms with E-state index < -0.39 is 0 Å². The van der Waals surface area contributed by atoms with Gasteiger partial charge in [-0.3, -0.25) is 9.59 Å². The molecule has 4 heteroatoms. The molecule has 2 aliphatic rings. The van der Waals surface area contributed by atoms with Crippen LogP contribution in [-0.4, -0.2) is 18.4 Å². The number of nitrogens with one attached hydrogen (secondary N) is 2. The van der Waals surface area contributed by atoms with Crippen LogP contribution < -0.4 is 10.6 Å². The topological polar surface area (TPSA) is 58.2 Å². The van der Waals surface area contributed by atoms with Crippen molar-refractivity contribution >= 4 is 17.5 Å². The lowest BCUT2D eigenvalue weighted by molar-refractivity contribution is -0.115. The molecule has 0 saturated heterocycles. The molecule has 1 aromatic carbocycles. The normalized spacial score (nSPS) is 19.3. The fourth-order valence-corrected chi connectivity index (χ4v) is 2.71. The third-order valence-electron chi connectivity index (χ3n) is 4.23. The third kappa shape index (κ3) is 2.35. The highest BCUT2D eigenvalue weighted by Gasteiger charge is 2.32. The molecular weight excluding hydrogens is 240 g/mol. The first-order valence-corrected chi connectivity index (χ1v) is 6.77. The van der Waals surface area contributed by atoms with Gasteiger partial charge in [0.05, 0.1) is 6.42 Å². The summed E-state index contributed by atoms with van der Waals surface area (Å²) in [6, 6.07) is 5.41. The Morgan fingerprint density at radius 3 is 2.89 bits per heavy atom. The van der Waals surface area contributed by atoms with Gasteiger partial charge in [0, 0.05) is 17.8 Å². The Hall–Kier alpha value is -1.84. The fraction of sp³-hybridized carbons (Fsp3) is 0.467. The van der Waals surface area contributed by atoms with E-state index in [9.17, 15) is 9.59 Å². The van der Waals surface area contributed by atoms with Crippen LogP contribution in [0.1, 0.15) is 42.1 Å². The Balaban J connectivity index is 1.67. The van der Waals surface area contributed by atoms with Crippen molar-refractivity contribution in [2.45, 2.75) is 32.6 Å². The summed E-state index contributed by atoms with van der Waals surface area (Å²) in [7, 11) is 0. The van der Waals surface area contributed by atoms with Gasteiger partial charge in [0.2, 0.25) is 5.91 Å². The molecule has 0 spiro atoms. The monoisotopic (exact) mass is 258 g/mol. The fourth-order valence-electron chi connectivity index (χ4n) is 2.71. The second-order valence-electron chi connectivity index (χ2n) is 5.94. The summed E-state index contributed by atoms with van der Waals surface area (Å²) in [4.78, 5) is 23.4. The number of anilines is 1. The lowest BCUT2D eigenvalue weighted by Crippen LogP contribution is -2.39. The molecule has 2 N–H and O–H groups in total. The SMILES string of the molecule is CC1(CNC(=O)c2ccc3c(c2)NC(=O)C3)CCC1. The van der Waals surface area contributed by atoms with Crippen molar-refractivity contribution in [2.24, 2.45) is 5.41 Å². The van der Waals surface area contributed by atoms with Crippen molar-refractivity contribution in [3.05, 3.63) is 29.3 Å². The van der Waals surface area contributed by atoms with Crippen LogP contribution in [0.15, 0.2) is 18.2 Å². The van der Waals surface area contributed by atoms with Crippen LogP contribution in [0, 0.1) is 5.41 Å². The number of carbonyl (C=O) groups is 2. The Labute approximate surface area is 112 Å². The van der Waals surface area contributed by atoms with Crippen molar-refractivity contribution in [3.63, 3.8) is 0 Å². The van der Waals surface area contributed by atoms with E-state index in [0.717, 1.165) is 17.8 Å². The predicted molar refractivity (Wildman–Crippen MR) is 73.1 cm³/mol. The quantitative estimate of drug-likeness (QED) is 0.872. The van der Waals surface area contributed by atoms with Gasteiger partial charge in [0.25, 0.3) is 5.91 Å². The van der Waals surface area contributed by atoms with Gasteiger partial charge < -0.3 is 10.6 Å². The molecule has 3 rings (SSSR count). The maximum absolute atomic E-state index is 12.1. The largest absolute Gasteiger partial charge is 0.351 e. The summed E-state index contributed by atoms with van der Waals surface area (Å²) in [5.41, 5.74) is 2.63. The molecule has 1 heterocycles. The van der Waals surface area contributed by atoms with Crippen LogP contribution in [0.5, 0.6) is 0 Å². The van der Waals surface area contributed by atoms with Gasteiger partial charge in [-0.25, -0.2) is 0 Å². The van der Waals surface area contributed by atoms with Crippen LogP contribution in [0.2, 0.25) is 0 Å². The van der Waals surface area contributed by atoms with Crippen LogP contribution in [0.25, 0.3) is 0 Å². The summed E-state index contributed by atoms with van der Waals surface area (Å²) >= 11 is 0. The van der Waals surface area contributed by atoms with Gasteiger partial charge in [0.1, 0.15) is 0 Å². The molecule has 0 bridgehead atoms. The number of hydrogen-bond acceptors (Lipinski definition) is 2. The zero-order chi connectivity index (χ0) is 13.5. The first-order chi connectivity index (χ1) is 9.06. The van der Waals surface area contributed by atoms with Crippen molar-refractivity contribution < 1.29 is 9.59 Å². The Bertz CT molecular complexity index is 547. The minimum Gasteiger partial charge on any atom is -0.351 e. The molecule has 0 atom stereocenters. The lowest BCUT2D eigenvalue weighted by atomic mass is 9.70. The highest BCUT2D eigenvalue weighted by Crippen LogP contribution is 2.39. The van der Waals surface area contributed by atoms with Crippen LogP contribution in [0.3, 0.4) is 0 Å². The molecule has 1 aliphatic heterocycles. The molecule has 0 unspecified atom stereocenters. The maximum Gasteiger partial charge on any atom is 0.251 e. The summed E-state index contributed by atoms with van der Waals surface area (Å²) in [5.74, 6) is -0.0633. The number of hydrogen-bond donors (Lipinski definition) is 2. The molecule has 1 fully saturated rings. The highest BCUT2D eigenvalue weighted by molar-refractivity contribution is 6.02. The minimum atomic E-state index is -0.0583. The van der Waals surface area contributed by atoms with E-state index in [1.54, 1.807) is 12.1 Å². The standard InChI is InChI=1S/C15H18N2O2/c1-15(5-2-6-15)9-16-14(19)11-4-3-10-8-13(18)17-12(10)7-11/h3-4,7H,2,5-6,8-9H2,1H3,(H,16,19)(H,17,18). The van der Waals surface area contributed by atoms with E-state index in [0.29, 0.717) is 12.0 Å². The summed E-state index contributed by atoms with van der Waals surface area (Å²) in [6.45, 7) is 2.94. The number of benzene rings is 1. The second-order valence-corrected chi connectivity index (χ2v) is 5.94. The first kappa shape index (κ1) is 12.2. The van der Waals surface area contributed by atoms with Crippen LogP contribution in [0.4, 0.5) is 5.69 Å². The molecule has 1 aromatic rings. The van der Waals surface area contributed by atoms with E-state index in [2.05, 4.69) is 17.6 Å². The van der Waals surface area contributed by atoms with Gasteiger partial charge in [-0.1, -0.05) is 19.4 Å². The average molecular weight is 258 g/mol. The molecule has 4 nitrogen and oxygen atoms in total. The van der Waals surface area contributed by atoms with Gasteiger partial charge in [0.15, 0.2) is 0 Å². The van der Waals surface area contributed by atoms with Crippen molar-refractivity contribution in [1.82, 2.24) is 5.32 Å². The van der Waals surface area contributed by atoms with E-state index in [-0.39, 0.29) is 17.2 Å². The highest BCUT2D eigenvalue weighted by atomic mass is 16.2. The lowest BCUT2D eigenvalue weighted by Gasteiger charge is -2.38. The zero-order valence-corrected chi connectivity index (χ0v) is 11.1. The molecular formula is C15H18N2O2. The summed E-state index contributed by atoms with van der Waals surface area (Å²) < 4.78 is 0. The van der Waals surface area contributed by atoms with Crippen molar-refractivity contribution in [3.8, 4) is 0 Å². The zero-order valence-electron chi connectivity index (χ0n) is 11.1. The van der Waals surface area contributed by atoms with Gasteiger partial charge in [-0.2, -0.15) is 0 Å². The Morgan fingerprint density at radius 1 is 1.42 bits per heavy atom. The van der Waals surface area contributed by atoms with Crippen LogP contribution >= 0.6 is 0 Å². The van der Waals surface area contributed by atoms with Crippen molar-refractivity contribution in [2.75, 3.05) is 11.9 Å². The molecule has 19 heavy (non-hydrogen) atoms.